The van der Waals surface area contributed by atoms with Crippen LogP contribution in [0.2, 0.25) is 0 Å². The lowest BCUT2D eigenvalue weighted by atomic mass is 10.0. The fourth-order valence-corrected chi connectivity index (χ4v) is 6.17. The van der Waals surface area contributed by atoms with Gasteiger partial charge in [-0.05, 0) is 36.8 Å². The van der Waals surface area contributed by atoms with Crippen molar-refractivity contribution in [2.45, 2.75) is 45.1 Å². The minimum Gasteiger partial charge on any atom is -0.319 e. The average molecular weight is 316 g/mol. The SMILES string of the molecule is CC(C)c1ccc2c(=O)n(C3CC3)ncc2c1P1(=O)CCC1. The van der Waals surface area contributed by atoms with E-state index in [1.54, 1.807) is 10.9 Å². The van der Waals surface area contributed by atoms with Crippen LogP contribution in [0.5, 0.6) is 0 Å². The summed E-state index contributed by atoms with van der Waals surface area (Å²) in [5, 5.41) is 6.84. The van der Waals surface area contributed by atoms with Crippen LogP contribution in [0, 0.1) is 0 Å². The molecule has 4 nitrogen and oxygen atoms in total. The van der Waals surface area contributed by atoms with E-state index in [9.17, 15) is 9.36 Å². The van der Waals surface area contributed by atoms with Gasteiger partial charge in [0.15, 0.2) is 0 Å². The first-order valence-electron chi connectivity index (χ1n) is 8.14. The first kappa shape index (κ1) is 14.2. The average Bonchev–Trinajstić information content (AvgIpc) is 3.28. The number of hydrogen-bond donors (Lipinski definition) is 0. The minimum absolute atomic E-state index is 0.0244. The third kappa shape index (κ3) is 2.00. The van der Waals surface area contributed by atoms with Gasteiger partial charge in [-0.1, -0.05) is 19.9 Å². The molecule has 116 valence electrons. The Kier molecular flexibility index (Phi) is 3.09. The highest BCUT2D eigenvalue weighted by atomic mass is 31.2. The van der Waals surface area contributed by atoms with E-state index < -0.39 is 7.14 Å². The van der Waals surface area contributed by atoms with Gasteiger partial charge in [0.25, 0.3) is 5.56 Å². The van der Waals surface area contributed by atoms with E-state index >= 15 is 0 Å². The summed E-state index contributed by atoms with van der Waals surface area (Å²) >= 11 is 0. The molecule has 0 spiro atoms. The Labute approximate surface area is 129 Å². The van der Waals surface area contributed by atoms with Gasteiger partial charge < -0.3 is 4.57 Å². The Morgan fingerprint density at radius 1 is 1.23 bits per heavy atom. The van der Waals surface area contributed by atoms with Crippen LogP contribution in [0.1, 0.15) is 50.6 Å². The van der Waals surface area contributed by atoms with Crippen molar-refractivity contribution in [1.29, 1.82) is 0 Å². The molecule has 0 N–H and O–H groups in total. The van der Waals surface area contributed by atoms with Gasteiger partial charge in [-0.2, -0.15) is 5.10 Å². The molecule has 22 heavy (non-hydrogen) atoms. The van der Waals surface area contributed by atoms with Crippen molar-refractivity contribution in [2.75, 3.05) is 12.3 Å². The van der Waals surface area contributed by atoms with Crippen molar-refractivity contribution in [3.8, 4) is 0 Å². The predicted octanol–water partition coefficient (Wildman–Crippen LogP) is 3.25. The van der Waals surface area contributed by atoms with E-state index in [-0.39, 0.29) is 11.6 Å². The van der Waals surface area contributed by atoms with Crippen molar-refractivity contribution in [3.63, 3.8) is 0 Å². The van der Waals surface area contributed by atoms with Gasteiger partial charge in [-0.15, -0.1) is 0 Å². The molecule has 4 rings (SSSR count). The summed E-state index contributed by atoms with van der Waals surface area (Å²) in [5.41, 5.74) is 1.10. The zero-order valence-electron chi connectivity index (χ0n) is 13.1. The van der Waals surface area contributed by atoms with Crippen LogP contribution in [0.15, 0.2) is 23.1 Å². The lowest BCUT2D eigenvalue weighted by molar-refractivity contribution is 0.569. The Balaban J connectivity index is 2.04. The van der Waals surface area contributed by atoms with Crippen molar-refractivity contribution in [2.24, 2.45) is 0 Å². The van der Waals surface area contributed by atoms with Crippen LogP contribution >= 0.6 is 7.14 Å². The summed E-state index contributed by atoms with van der Waals surface area (Å²) in [7, 11) is -2.31. The second kappa shape index (κ2) is 4.79. The maximum atomic E-state index is 13.2. The van der Waals surface area contributed by atoms with E-state index in [2.05, 4.69) is 18.9 Å². The molecule has 1 aliphatic carbocycles. The van der Waals surface area contributed by atoms with Gasteiger partial charge in [0, 0.05) is 23.0 Å². The van der Waals surface area contributed by atoms with Crippen molar-refractivity contribution in [3.05, 3.63) is 34.2 Å². The number of aromatic nitrogens is 2. The molecule has 0 radical (unpaired) electrons. The van der Waals surface area contributed by atoms with E-state index in [0.29, 0.717) is 11.3 Å². The van der Waals surface area contributed by atoms with Crippen molar-refractivity contribution >= 4 is 23.2 Å². The van der Waals surface area contributed by atoms with Crippen LogP contribution < -0.4 is 10.9 Å². The number of benzene rings is 1. The van der Waals surface area contributed by atoms with E-state index in [4.69, 9.17) is 0 Å². The lowest BCUT2D eigenvalue weighted by Gasteiger charge is -2.31. The summed E-state index contributed by atoms with van der Waals surface area (Å²) in [4.78, 5) is 12.7. The van der Waals surface area contributed by atoms with Crippen LogP contribution in [0.25, 0.3) is 10.8 Å². The Morgan fingerprint density at radius 3 is 2.50 bits per heavy atom. The Bertz CT molecular complexity index is 857. The van der Waals surface area contributed by atoms with Gasteiger partial charge in [0.2, 0.25) is 0 Å². The molecule has 1 saturated heterocycles. The van der Waals surface area contributed by atoms with Gasteiger partial charge >= 0.3 is 0 Å². The fraction of sp³-hybridized carbons (Fsp3) is 0.529. The van der Waals surface area contributed by atoms with Crippen molar-refractivity contribution in [1.82, 2.24) is 9.78 Å². The molecule has 1 aliphatic heterocycles. The number of fused-ring (bicyclic) bond motifs is 1. The lowest BCUT2D eigenvalue weighted by Crippen LogP contribution is -2.28. The van der Waals surface area contributed by atoms with E-state index in [1.807, 2.05) is 12.1 Å². The summed E-state index contributed by atoms with van der Waals surface area (Å²) in [5.74, 6) is 0.302. The number of rotatable bonds is 3. The normalized spacial score (nSPS) is 20.3. The topological polar surface area (TPSA) is 52.0 Å². The molecule has 0 unspecified atom stereocenters. The second-order valence-electron chi connectivity index (χ2n) is 6.93. The summed E-state index contributed by atoms with van der Waals surface area (Å²) < 4.78 is 14.8. The minimum atomic E-state index is -2.31. The second-order valence-corrected chi connectivity index (χ2v) is 10.1. The zero-order chi connectivity index (χ0) is 15.5. The summed E-state index contributed by atoms with van der Waals surface area (Å²) in [6.45, 7) is 4.24. The third-order valence-electron chi connectivity index (χ3n) is 4.96. The van der Waals surface area contributed by atoms with Crippen molar-refractivity contribution < 1.29 is 4.57 Å². The molecular formula is C17H21N2O2P. The molecular weight excluding hydrogens is 295 g/mol. The first-order valence-corrected chi connectivity index (χ1v) is 10.2. The van der Waals surface area contributed by atoms with Crippen LogP contribution in [-0.4, -0.2) is 22.1 Å². The van der Waals surface area contributed by atoms with Gasteiger partial charge in [-0.25, -0.2) is 4.68 Å². The maximum Gasteiger partial charge on any atom is 0.274 e. The highest BCUT2D eigenvalue weighted by Crippen LogP contribution is 2.56. The fourth-order valence-electron chi connectivity index (χ4n) is 3.41. The largest absolute Gasteiger partial charge is 0.319 e. The smallest absolute Gasteiger partial charge is 0.274 e. The molecule has 2 fully saturated rings. The predicted molar refractivity (Wildman–Crippen MR) is 90.0 cm³/mol. The monoisotopic (exact) mass is 316 g/mol. The van der Waals surface area contributed by atoms with Gasteiger partial charge in [-0.3, -0.25) is 4.79 Å². The Hall–Kier alpha value is -1.41. The molecule has 0 bridgehead atoms. The van der Waals surface area contributed by atoms with Gasteiger partial charge in [0.05, 0.1) is 17.6 Å². The Morgan fingerprint density at radius 2 is 1.95 bits per heavy atom. The molecule has 2 heterocycles. The molecule has 0 amide bonds. The zero-order valence-corrected chi connectivity index (χ0v) is 14.0. The van der Waals surface area contributed by atoms with E-state index in [1.165, 1.54) is 0 Å². The van der Waals surface area contributed by atoms with Crippen LogP contribution in [0.4, 0.5) is 0 Å². The maximum absolute atomic E-state index is 13.2. The molecule has 2 aromatic rings. The van der Waals surface area contributed by atoms with E-state index in [0.717, 1.165) is 47.8 Å². The summed E-state index contributed by atoms with van der Waals surface area (Å²) in [6, 6.07) is 4.19. The highest BCUT2D eigenvalue weighted by Gasteiger charge is 2.37. The molecule has 1 aromatic carbocycles. The highest BCUT2D eigenvalue weighted by molar-refractivity contribution is 7.73. The molecule has 5 heteroatoms. The molecule has 0 atom stereocenters. The molecule has 2 aliphatic rings. The molecule has 1 aromatic heterocycles. The first-order chi connectivity index (χ1) is 10.5. The van der Waals surface area contributed by atoms with Gasteiger partial charge in [0.1, 0.15) is 7.14 Å². The van der Waals surface area contributed by atoms with Crippen LogP contribution in [0.3, 0.4) is 0 Å². The number of nitrogens with zero attached hydrogens (tertiary/aromatic N) is 2. The summed E-state index contributed by atoms with van der Waals surface area (Å²) in [6.07, 6.45) is 6.43. The quantitative estimate of drug-likeness (QED) is 0.817. The van der Waals surface area contributed by atoms with Crippen LogP contribution in [-0.2, 0) is 4.57 Å². The molecule has 1 saturated carbocycles. The standard InChI is InChI=1S/C17H21N2O2P/c1-11(2)13-6-7-14-15(16(13)22(21)8-3-9-22)10-18-19(17(14)20)12-4-5-12/h6-7,10-12H,3-5,8-9H2,1-2H3. The number of hydrogen-bond acceptors (Lipinski definition) is 3. The third-order valence-corrected chi connectivity index (χ3v) is 8.35.